The van der Waals surface area contributed by atoms with Crippen LogP contribution in [0.2, 0.25) is 0 Å². The van der Waals surface area contributed by atoms with Crippen molar-refractivity contribution < 1.29 is 19.1 Å². The Kier molecular flexibility index (Phi) is 5.66. The topological polar surface area (TPSA) is 117 Å². The highest BCUT2D eigenvalue weighted by Gasteiger charge is 2.37. The molecular formula is C17H25N3O4. The van der Waals surface area contributed by atoms with Gasteiger partial charge in [-0.1, -0.05) is 12.8 Å². The Bertz CT molecular complexity index is 616. The number of methoxy groups -OCH3 is 1. The summed E-state index contributed by atoms with van der Waals surface area (Å²) < 4.78 is 10.5. The molecule has 2 amide bonds. The predicted molar refractivity (Wildman–Crippen MR) is 90.9 cm³/mol. The molecule has 1 aromatic carbocycles. The van der Waals surface area contributed by atoms with Crippen molar-refractivity contribution in [1.29, 1.82) is 0 Å². The number of anilines is 1. The number of hydrogen-bond acceptors (Lipinski definition) is 5. The first-order valence-corrected chi connectivity index (χ1v) is 8.02. The number of carbonyl (C=O) groups excluding carboxylic acids is 2. The van der Waals surface area contributed by atoms with Gasteiger partial charge in [-0.2, -0.15) is 0 Å². The number of nitrogens with one attached hydrogen (secondary N) is 1. The maximum absolute atomic E-state index is 12.6. The summed E-state index contributed by atoms with van der Waals surface area (Å²) in [5, 5.41) is 2.88. The smallest absolute Gasteiger partial charge is 0.255 e. The normalized spacial score (nSPS) is 23.4. The molecule has 7 heteroatoms. The minimum atomic E-state index is -0.590. The lowest BCUT2D eigenvalue weighted by atomic mass is 9.74. The highest BCUT2D eigenvalue weighted by atomic mass is 16.5. The van der Waals surface area contributed by atoms with Gasteiger partial charge in [-0.15, -0.1) is 0 Å². The van der Waals surface area contributed by atoms with Crippen LogP contribution < -0.4 is 26.3 Å². The van der Waals surface area contributed by atoms with E-state index in [4.69, 9.17) is 20.9 Å². The summed E-state index contributed by atoms with van der Waals surface area (Å²) in [5.74, 6) is -0.134. The van der Waals surface area contributed by atoms with E-state index in [1.807, 2.05) is 6.92 Å². The van der Waals surface area contributed by atoms with Crippen molar-refractivity contribution in [3.8, 4) is 11.5 Å². The minimum Gasteiger partial charge on any atom is -0.493 e. The van der Waals surface area contributed by atoms with Gasteiger partial charge in [0.25, 0.3) is 5.91 Å². The van der Waals surface area contributed by atoms with Crippen LogP contribution in [0.3, 0.4) is 0 Å². The van der Waals surface area contributed by atoms with Gasteiger partial charge in [0.1, 0.15) is 0 Å². The van der Waals surface area contributed by atoms with E-state index in [9.17, 15) is 9.59 Å². The first-order chi connectivity index (χ1) is 11.3. The second kappa shape index (κ2) is 7.53. The Hall–Kier alpha value is -2.28. The number of hydrogen-bond donors (Lipinski definition) is 3. The summed E-state index contributed by atoms with van der Waals surface area (Å²) in [5.41, 5.74) is 11.4. The summed E-state index contributed by atoms with van der Waals surface area (Å²) in [4.78, 5) is 23.5. The second-order valence-electron chi connectivity index (χ2n) is 6.41. The molecule has 0 radical (unpaired) electrons. The molecule has 2 rings (SSSR count). The molecule has 1 fully saturated rings. The Morgan fingerprint density at radius 3 is 2.71 bits per heavy atom. The molecule has 24 heavy (non-hydrogen) atoms. The van der Waals surface area contributed by atoms with Crippen LogP contribution >= 0.6 is 0 Å². The van der Waals surface area contributed by atoms with Crippen LogP contribution in [0.4, 0.5) is 5.69 Å². The molecule has 0 heterocycles. The van der Waals surface area contributed by atoms with Gasteiger partial charge in [0.2, 0.25) is 5.91 Å². The number of benzene rings is 1. The maximum atomic E-state index is 12.6. The molecule has 1 aromatic rings. The van der Waals surface area contributed by atoms with Gasteiger partial charge in [0, 0.05) is 17.3 Å². The first kappa shape index (κ1) is 18.1. The second-order valence-corrected chi connectivity index (χ2v) is 6.41. The van der Waals surface area contributed by atoms with Crippen molar-refractivity contribution in [2.24, 2.45) is 17.4 Å². The van der Waals surface area contributed by atoms with Crippen molar-refractivity contribution >= 4 is 17.5 Å². The molecule has 5 N–H and O–H groups in total. The van der Waals surface area contributed by atoms with Gasteiger partial charge in [0.05, 0.1) is 13.0 Å². The lowest BCUT2D eigenvalue weighted by molar-refractivity contribution is -0.123. The van der Waals surface area contributed by atoms with Crippen molar-refractivity contribution in [3.05, 3.63) is 18.2 Å². The number of carbonyl (C=O) groups is 2. The van der Waals surface area contributed by atoms with Gasteiger partial charge < -0.3 is 26.3 Å². The molecule has 1 aliphatic carbocycles. The number of nitrogens with two attached hydrogens (primary N) is 2. The highest BCUT2D eigenvalue weighted by Crippen LogP contribution is 2.34. The van der Waals surface area contributed by atoms with Gasteiger partial charge >= 0.3 is 0 Å². The molecule has 0 saturated heterocycles. The van der Waals surface area contributed by atoms with E-state index in [-0.39, 0.29) is 18.4 Å². The fourth-order valence-corrected chi connectivity index (χ4v) is 3.03. The fourth-order valence-electron chi connectivity index (χ4n) is 3.03. The lowest BCUT2D eigenvalue weighted by Crippen LogP contribution is -2.51. The van der Waals surface area contributed by atoms with E-state index in [0.717, 1.165) is 25.7 Å². The number of primary amides is 1. The van der Waals surface area contributed by atoms with Gasteiger partial charge in [-0.05, 0) is 31.9 Å². The largest absolute Gasteiger partial charge is 0.493 e. The summed E-state index contributed by atoms with van der Waals surface area (Å²) in [6, 6.07) is 4.98. The van der Waals surface area contributed by atoms with E-state index >= 15 is 0 Å². The summed E-state index contributed by atoms with van der Waals surface area (Å²) >= 11 is 0. The van der Waals surface area contributed by atoms with Crippen molar-refractivity contribution in [2.45, 2.75) is 38.1 Å². The van der Waals surface area contributed by atoms with E-state index in [2.05, 4.69) is 5.32 Å². The Labute approximate surface area is 141 Å². The van der Waals surface area contributed by atoms with Crippen molar-refractivity contribution in [3.63, 3.8) is 0 Å². The summed E-state index contributed by atoms with van der Waals surface area (Å²) in [7, 11) is 1.49. The highest BCUT2D eigenvalue weighted by molar-refractivity contribution is 5.93. The van der Waals surface area contributed by atoms with Crippen LogP contribution in [0.15, 0.2) is 18.2 Å². The maximum Gasteiger partial charge on any atom is 0.255 e. The summed E-state index contributed by atoms with van der Waals surface area (Å²) in [6.07, 6.45) is 3.66. The van der Waals surface area contributed by atoms with Gasteiger partial charge in [-0.3, -0.25) is 9.59 Å². The molecule has 2 unspecified atom stereocenters. The molecule has 0 aliphatic heterocycles. The third-order valence-electron chi connectivity index (χ3n) is 4.37. The standard InChI is InChI=1S/C17H25N3O4/c1-17(19)8-4-3-5-12(17)16(22)20-11-6-7-13(23-2)14(9-11)24-10-15(18)21/h6-7,9,12H,3-5,8,10,19H2,1-2H3,(H2,18,21)(H,20,22). The third-order valence-corrected chi connectivity index (χ3v) is 4.37. The average Bonchev–Trinajstić information content (AvgIpc) is 2.52. The van der Waals surface area contributed by atoms with E-state index in [1.54, 1.807) is 18.2 Å². The monoisotopic (exact) mass is 335 g/mol. The Balaban J connectivity index is 2.12. The van der Waals surface area contributed by atoms with E-state index in [0.29, 0.717) is 17.2 Å². The third kappa shape index (κ3) is 4.38. The number of amides is 2. The minimum absolute atomic E-state index is 0.106. The zero-order valence-electron chi connectivity index (χ0n) is 14.1. The van der Waals surface area contributed by atoms with E-state index in [1.165, 1.54) is 7.11 Å². The molecule has 2 atom stereocenters. The van der Waals surface area contributed by atoms with Crippen molar-refractivity contribution in [1.82, 2.24) is 0 Å². The van der Waals surface area contributed by atoms with Crippen LogP contribution in [0.5, 0.6) is 11.5 Å². The zero-order valence-corrected chi connectivity index (χ0v) is 14.1. The molecule has 132 valence electrons. The Morgan fingerprint density at radius 1 is 1.33 bits per heavy atom. The van der Waals surface area contributed by atoms with Gasteiger partial charge in [-0.25, -0.2) is 0 Å². The molecule has 1 aliphatic rings. The van der Waals surface area contributed by atoms with E-state index < -0.39 is 11.4 Å². The van der Waals surface area contributed by atoms with Crippen LogP contribution in [0.25, 0.3) is 0 Å². The van der Waals surface area contributed by atoms with Gasteiger partial charge in [0.15, 0.2) is 18.1 Å². The average molecular weight is 335 g/mol. The lowest BCUT2D eigenvalue weighted by Gasteiger charge is -2.37. The molecular weight excluding hydrogens is 310 g/mol. The Morgan fingerprint density at radius 2 is 2.08 bits per heavy atom. The van der Waals surface area contributed by atoms with Crippen LogP contribution in [-0.4, -0.2) is 31.1 Å². The predicted octanol–water partition coefficient (Wildman–Crippen LogP) is 1.41. The molecule has 0 aromatic heterocycles. The van der Waals surface area contributed by atoms with Crippen molar-refractivity contribution in [2.75, 3.05) is 19.0 Å². The molecule has 0 spiro atoms. The SMILES string of the molecule is COc1ccc(NC(=O)C2CCCCC2(C)N)cc1OCC(N)=O. The first-order valence-electron chi connectivity index (χ1n) is 8.02. The van der Waals surface area contributed by atoms with Crippen LogP contribution in [0.1, 0.15) is 32.6 Å². The van der Waals surface area contributed by atoms with Crippen LogP contribution in [-0.2, 0) is 9.59 Å². The molecule has 1 saturated carbocycles. The number of rotatable bonds is 6. The zero-order chi connectivity index (χ0) is 17.7. The van der Waals surface area contributed by atoms with Crippen LogP contribution in [0, 0.1) is 5.92 Å². The number of ether oxygens (including phenoxy) is 2. The fraction of sp³-hybridized carbons (Fsp3) is 0.529. The molecule has 0 bridgehead atoms. The molecule has 7 nitrogen and oxygen atoms in total. The summed E-state index contributed by atoms with van der Waals surface area (Å²) in [6.45, 7) is 1.66. The quantitative estimate of drug-likeness (QED) is 0.726.